The van der Waals surface area contributed by atoms with Crippen molar-refractivity contribution in [3.63, 3.8) is 0 Å². The van der Waals surface area contributed by atoms with Crippen LogP contribution in [0.4, 0.5) is 0 Å². The standard InChI is InChI=1S/C16H15N/c1-2-12-4-3-5-14(10-12)15-7-6-13-8-9-17-16(13)11-15/h3-11,17H,2H2,1H3. The third-order valence-corrected chi connectivity index (χ3v) is 3.22. The second-order valence-electron chi connectivity index (χ2n) is 4.33. The molecule has 0 amide bonds. The molecular weight excluding hydrogens is 206 g/mol. The Morgan fingerprint density at radius 1 is 0.941 bits per heavy atom. The van der Waals surface area contributed by atoms with Gasteiger partial charge in [0, 0.05) is 11.7 Å². The smallest absolute Gasteiger partial charge is 0.0460 e. The molecule has 17 heavy (non-hydrogen) atoms. The van der Waals surface area contributed by atoms with Gasteiger partial charge < -0.3 is 4.98 Å². The first kappa shape index (κ1) is 10.2. The molecule has 0 saturated carbocycles. The fourth-order valence-electron chi connectivity index (χ4n) is 2.20. The van der Waals surface area contributed by atoms with Crippen molar-refractivity contribution in [3.05, 3.63) is 60.3 Å². The van der Waals surface area contributed by atoms with E-state index in [0.717, 1.165) is 6.42 Å². The Labute approximate surface area is 101 Å². The first-order valence-electron chi connectivity index (χ1n) is 6.03. The van der Waals surface area contributed by atoms with Gasteiger partial charge in [0.15, 0.2) is 0 Å². The average molecular weight is 221 g/mol. The molecule has 0 unspecified atom stereocenters. The summed E-state index contributed by atoms with van der Waals surface area (Å²) in [5.41, 5.74) is 5.15. The molecule has 0 spiro atoms. The van der Waals surface area contributed by atoms with E-state index in [2.05, 4.69) is 60.4 Å². The van der Waals surface area contributed by atoms with Crippen LogP contribution in [-0.4, -0.2) is 4.98 Å². The molecule has 2 aromatic carbocycles. The average Bonchev–Trinajstić information content (AvgIpc) is 2.86. The fraction of sp³-hybridized carbons (Fsp3) is 0.125. The molecule has 0 atom stereocenters. The minimum absolute atomic E-state index is 1.08. The van der Waals surface area contributed by atoms with E-state index in [0.29, 0.717) is 0 Å². The number of benzene rings is 2. The highest BCUT2D eigenvalue weighted by Crippen LogP contribution is 2.24. The summed E-state index contributed by atoms with van der Waals surface area (Å²) in [6.07, 6.45) is 3.06. The lowest BCUT2D eigenvalue weighted by Gasteiger charge is -2.04. The van der Waals surface area contributed by atoms with E-state index in [1.807, 2.05) is 6.20 Å². The van der Waals surface area contributed by atoms with Crippen LogP contribution in [-0.2, 0) is 6.42 Å². The number of H-pyrrole nitrogens is 1. The predicted octanol–water partition coefficient (Wildman–Crippen LogP) is 4.40. The van der Waals surface area contributed by atoms with Crippen LogP contribution in [0.1, 0.15) is 12.5 Å². The minimum Gasteiger partial charge on any atom is -0.361 e. The summed E-state index contributed by atoms with van der Waals surface area (Å²) in [6, 6.07) is 17.4. The maximum Gasteiger partial charge on any atom is 0.0460 e. The summed E-state index contributed by atoms with van der Waals surface area (Å²) in [7, 11) is 0. The zero-order valence-electron chi connectivity index (χ0n) is 9.90. The second kappa shape index (κ2) is 4.10. The molecule has 3 aromatic rings. The molecule has 84 valence electrons. The van der Waals surface area contributed by atoms with Gasteiger partial charge in [0.05, 0.1) is 0 Å². The normalized spacial score (nSPS) is 10.9. The molecule has 1 nitrogen and oxygen atoms in total. The summed E-state index contributed by atoms with van der Waals surface area (Å²) in [5, 5.41) is 1.26. The van der Waals surface area contributed by atoms with Crippen molar-refractivity contribution in [3.8, 4) is 11.1 Å². The Morgan fingerprint density at radius 3 is 2.71 bits per heavy atom. The van der Waals surface area contributed by atoms with E-state index < -0.39 is 0 Å². The van der Waals surface area contributed by atoms with E-state index >= 15 is 0 Å². The third-order valence-electron chi connectivity index (χ3n) is 3.22. The van der Waals surface area contributed by atoms with Gasteiger partial charge in [-0.1, -0.05) is 43.3 Å². The van der Waals surface area contributed by atoms with Crippen molar-refractivity contribution < 1.29 is 0 Å². The van der Waals surface area contributed by atoms with Crippen molar-refractivity contribution in [2.75, 3.05) is 0 Å². The predicted molar refractivity (Wildman–Crippen MR) is 73.1 cm³/mol. The number of hydrogen-bond donors (Lipinski definition) is 1. The van der Waals surface area contributed by atoms with Gasteiger partial charge in [-0.15, -0.1) is 0 Å². The largest absolute Gasteiger partial charge is 0.361 e. The Balaban J connectivity index is 2.12. The van der Waals surface area contributed by atoms with Crippen molar-refractivity contribution in [2.45, 2.75) is 13.3 Å². The van der Waals surface area contributed by atoms with E-state index in [1.165, 1.54) is 27.6 Å². The van der Waals surface area contributed by atoms with Gasteiger partial charge in [-0.2, -0.15) is 0 Å². The van der Waals surface area contributed by atoms with Crippen molar-refractivity contribution in [1.29, 1.82) is 0 Å². The Kier molecular flexibility index (Phi) is 2.45. The number of aryl methyl sites for hydroxylation is 1. The lowest BCUT2D eigenvalue weighted by atomic mass is 10.0. The van der Waals surface area contributed by atoms with Crippen molar-refractivity contribution >= 4 is 10.9 Å². The van der Waals surface area contributed by atoms with Gasteiger partial charge >= 0.3 is 0 Å². The number of aromatic amines is 1. The number of fused-ring (bicyclic) bond motifs is 1. The molecule has 0 fully saturated rings. The molecule has 0 aliphatic carbocycles. The molecule has 3 rings (SSSR count). The highest BCUT2D eigenvalue weighted by molar-refractivity contribution is 5.84. The summed E-state index contributed by atoms with van der Waals surface area (Å²) < 4.78 is 0. The quantitative estimate of drug-likeness (QED) is 0.660. The van der Waals surface area contributed by atoms with Crippen LogP contribution in [0.3, 0.4) is 0 Å². The zero-order chi connectivity index (χ0) is 11.7. The lowest BCUT2D eigenvalue weighted by Crippen LogP contribution is -1.82. The summed E-state index contributed by atoms with van der Waals surface area (Å²) in [6.45, 7) is 2.19. The monoisotopic (exact) mass is 221 g/mol. The van der Waals surface area contributed by atoms with Crippen LogP contribution in [0.15, 0.2) is 54.7 Å². The molecule has 1 N–H and O–H groups in total. The molecule has 0 aliphatic heterocycles. The van der Waals surface area contributed by atoms with E-state index in [4.69, 9.17) is 0 Å². The first-order chi connectivity index (χ1) is 8.36. The van der Waals surface area contributed by atoms with Crippen LogP contribution in [0.25, 0.3) is 22.0 Å². The van der Waals surface area contributed by atoms with E-state index in [-0.39, 0.29) is 0 Å². The minimum atomic E-state index is 1.08. The van der Waals surface area contributed by atoms with E-state index in [9.17, 15) is 0 Å². The van der Waals surface area contributed by atoms with Crippen LogP contribution >= 0.6 is 0 Å². The Morgan fingerprint density at radius 2 is 1.82 bits per heavy atom. The van der Waals surface area contributed by atoms with Crippen LogP contribution in [0.5, 0.6) is 0 Å². The van der Waals surface area contributed by atoms with Gasteiger partial charge in [-0.25, -0.2) is 0 Å². The van der Waals surface area contributed by atoms with Gasteiger partial charge in [-0.05, 0) is 40.6 Å². The number of rotatable bonds is 2. The highest BCUT2D eigenvalue weighted by atomic mass is 14.7. The van der Waals surface area contributed by atoms with Gasteiger partial charge in [0.2, 0.25) is 0 Å². The maximum absolute atomic E-state index is 3.26. The Bertz CT molecular complexity index is 649. The van der Waals surface area contributed by atoms with Gasteiger partial charge in [-0.3, -0.25) is 0 Å². The summed E-state index contributed by atoms with van der Waals surface area (Å²) >= 11 is 0. The molecule has 1 heterocycles. The van der Waals surface area contributed by atoms with Crippen molar-refractivity contribution in [2.24, 2.45) is 0 Å². The maximum atomic E-state index is 3.26. The van der Waals surface area contributed by atoms with Crippen LogP contribution < -0.4 is 0 Å². The summed E-state index contributed by atoms with van der Waals surface area (Å²) in [4.78, 5) is 3.26. The fourth-order valence-corrected chi connectivity index (χ4v) is 2.20. The van der Waals surface area contributed by atoms with Crippen molar-refractivity contribution in [1.82, 2.24) is 4.98 Å². The SMILES string of the molecule is CCc1cccc(-c2ccc3cc[nH]c3c2)c1. The number of nitrogens with one attached hydrogen (secondary N) is 1. The molecule has 0 saturated heterocycles. The van der Waals surface area contributed by atoms with Gasteiger partial charge in [0.1, 0.15) is 0 Å². The number of aromatic nitrogens is 1. The molecule has 0 aliphatic rings. The van der Waals surface area contributed by atoms with Crippen LogP contribution in [0.2, 0.25) is 0 Å². The second-order valence-corrected chi connectivity index (χ2v) is 4.33. The first-order valence-corrected chi connectivity index (χ1v) is 6.03. The lowest BCUT2D eigenvalue weighted by molar-refractivity contribution is 1.14. The topological polar surface area (TPSA) is 15.8 Å². The molecule has 1 heteroatoms. The van der Waals surface area contributed by atoms with Crippen LogP contribution in [0, 0.1) is 0 Å². The molecular formula is C16H15N. The zero-order valence-corrected chi connectivity index (χ0v) is 9.90. The Hall–Kier alpha value is -2.02. The highest BCUT2D eigenvalue weighted by Gasteiger charge is 2.00. The number of hydrogen-bond acceptors (Lipinski definition) is 0. The van der Waals surface area contributed by atoms with E-state index in [1.54, 1.807) is 0 Å². The third kappa shape index (κ3) is 1.84. The van der Waals surface area contributed by atoms with Gasteiger partial charge in [0.25, 0.3) is 0 Å². The summed E-state index contributed by atoms with van der Waals surface area (Å²) in [5.74, 6) is 0. The molecule has 0 bridgehead atoms. The molecule has 1 aromatic heterocycles. The molecule has 0 radical (unpaired) electrons.